The molecule has 2 fully saturated rings. The van der Waals surface area contributed by atoms with Crippen LogP contribution >= 0.6 is 0 Å². The number of pyridine rings is 1. The number of anilines is 1. The lowest BCUT2D eigenvalue weighted by molar-refractivity contribution is 0.390. The molecule has 1 aromatic rings. The van der Waals surface area contributed by atoms with Gasteiger partial charge in [0.05, 0.1) is 5.69 Å². The van der Waals surface area contributed by atoms with Crippen LogP contribution in [0, 0.1) is 11.8 Å². The first-order valence-electron chi connectivity index (χ1n) is 6.54. The van der Waals surface area contributed by atoms with Crippen molar-refractivity contribution in [2.75, 3.05) is 5.43 Å². The fraction of sp³-hybridized carbons (Fsp3) is 0.583. The number of nitrogens with two attached hydrogens (primary N) is 1. The monoisotopic (exact) mass is 282 g/mol. The second kappa shape index (κ2) is 4.73. The van der Waals surface area contributed by atoms with Gasteiger partial charge in [0.2, 0.25) is 0 Å². The standard InChI is InChI=1S/C12H18N4O2S/c13-15-10-2-1-5-14-12(10)19(17,18)16-11-7-8-3-4-9(11)6-8/h1-2,5,8-9,11,15-16H,3-4,6-7,13H2. The van der Waals surface area contributed by atoms with Crippen LogP contribution in [-0.2, 0) is 10.0 Å². The Morgan fingerprint density at radius 3 is 2.79 bits per heavy atom. The van der Waals surface area contributed by atoms with Gasteiger partial charge in [0.1, 0.15) is 0 Å². The summed E-state index contributed by atoms with van der Waals surface area (Å²) in [7, 11) is -3.61. The second-order valence-electron chi connectivity index (χ2n) is 5.40. The number of nitrogens with one attached hydrogen (secondary N) is 2. The Hall–Kier alpha value is -1.18. The Morgan fingerprint density at radius 1 is 1.32 bits per heavy atom. The molecule has 1 heterocycles. The van der Waals surface area contributed by atoms with Gasteiger partial charge in [0.25, 0.3) is 10.0 Å². The SMILES string of the molecule is NNc1cccnc1S(=O)(=O)NC1CC2CCC1C2. The van der Waals surface area contributed by atoms with Crippen molar-refractivity contribution in [1.29, 1.82) is 0 Å². The number of hydrogen-bond donors (Lipinski definition) is 3. The van der Waals surface area contributed by atoms with Crippen LogP contribution in [0.2, 0.25) is 0 Å². The third kappa shape index (κ3) is 2.33. The Labute approximate surface area is 112 Å². The molecular weight excluding hydrogens is 264 g/mol. The molecule has 0 aromatic carbocycles. The molecule has 104 valence electrons. The molecule has 1 aromatic heterocycles. The van der Waals surface area contributed by atoms with Crippen LogP contribution in [0.4, 0.5) is 5.69 Å². The summed E-state index contributed by atoms with van der Waals surface area (Å²) in [6, 6.07) is 3.30. The van der Waals surface area contributed by atoms with Gasteiger partial charge >= 0.3 is 0 Å². The topological polar surface area (TPSA) is 97.1 Å². The number of hydrogen-bond acceptors (Lipinski definition) is 5. The van der Waals surface area contributed by atoms with E-state index in [1.54, 1.807) is 12.1 Å². The van der Waals surface area contributed by atoms with E-state index in [2.05, 4.69) is 15.1 Å². The Morgan fingerprint density at radius 2 is 2.16 bits per heavy atom. The maximum Gasteiger partial charge on any atom is 0.260 e. The van der Waals surface area contributed by atoms with Gasteiger partial charge in [-0.3, -0.25) is 5.84 Å². The number of nitrogens with zero attached hydrogens (tertiary/aromatic N) is 1. The van der Waals surface area contributed by atoms with Crippen LogP contribution in [0.15, 0.2) is 23.4 Å². The second-order valence-corrected chi connectivity index (χ2v) is 7.03. The van der Waals surface area contributed by atoms with Crippen molar-refractivity contribution < 1.29 is 8.42 Å². The van der Waals surface area contributed by atoms with Crippen molar-refractivity contribution in [3.8, 4) is 0 Å². The van der Waals surface area contributed by atoms with Crippen LogP contribution in [-0.4, -0.2) is 19.4 Å². The molecule has 3 atom stereocenters. The van der Waals surface area contributed by atoms with Crippen molar-refractivity contribution >= 4 is 15.7 Å². The van der Waals surface area contributed by atoms with Crippen LogP contribution in [0.1, 0.15) is 25.7 Å². The minimum atomic E-state index is -3.61. The van der Waals surface area contributed by atoms with Gasteiger partial charge in [-0.2, -0.15) is 0 Å². The van der Waals surface area contributed by atoms with Crippen molar-refractivity contribution in [3.63, 3.8) is 0 Å². The summed E-state index contributed by atoms with van der Waals surface area (Å²) in [4.78, 5) is 3.93. The molecule has 7 heteroatoms. The first-order chi connectivity index (χ1) is 9.10. The first-order valence-corrected chi connectivity index (χ1v) is 8.02. The highest BCUT2D eigenvalue weighted by molar-refractivity contribution is 7.89. The molecule has 2 bridgehead atoms. The maximum absolute atomic E-state index is 12.4. The summed E-state index contributed by atoms with van der Waals surface area (Å²) < 4.78 is 27.5. The maximum atomic E-state index is 12.4. The highest BCUT2D eigenvalue weighted by Crippen LogP contribution is 2.44. The van der Waals surface area contributed by atoms with Crippen molar-refractivity contribution in [2.45, 2.75) is 36.8 Å². The van der Waals surface area contributed by atoms with E-state index in [1.807, 2.05) is 0 Å². The number of sulfonamides is 1. The number of aromatic nitrogens is 1. The third-order valence-corrected chi connectivity index (χ3v) is 5.67. The van der Waals surface area contributed by atoms with Gasteiger partial charge in [-0.1, -0.05) is 6.42 Å². The van der Waals surface area contributed by atoms with Crippen LogP contribution < -0.4 is 16.0 Å². The highest BCUT2D eigenvalue weighted by atomic mass is 32.2. The average Bonchev–Trinajstić information content (AvgIpc) is 3.00. The lowest BCUT2D eigenvalue weighted by atomic mass is 9.96. The third-order valence-electron chi connectivity index (χ3n) is 4.23. The van der Waals surface area contributed by atoms with Gasteiger partial charge in [-0.25, -0.2) is 18.1 Å². The Balaban J connectivity index is 1.83. The van der Waals surface area contributed by atoms with Gasteiger partial charge in [-0.15, -0.1) is 0 Å². The van der Waals surface area contributed by atoms with E-state index < -0.39 is 10.0 Å². The molecule has 3 unspecified atom stereocenters. The van der Waals surface area contributed by atoms with Gasteiger partial charge < -0.3 is 5.43 Å². The summed E-state index contributed by atoms with van der Waals surface area (Å²) in [6.45, 7) is 0. The average molecular weight is 282 g/mol. The van der Waals surface area contributed by atoms with Crippen LogP contribution in [0.3, 0.4) is 0 Å². The Kier molecular flexibility index (Phi) is 3.20. The molecular formula is C12H18N4O2S. The van der Waals surface area contributed by atoms with Gasteiger partial charge in [0, 0.05) is 12.2 Å². The zero-order chi connectivity index (χ0) is 13.5. The molecule has 0 spiro atoms. The molecule has 19 heavy (non-hydrogen) atoms. The molecule has 0 aliphatic heterocycles. The van der Waals surface area contributed by atoms with E-state index in [0.717, 1.165) is 19.3 Å². The number of hydrazine groups is 1. The van der Waals surface area contributed by atoms with E-state index >= 15 is 0 Å². The predicted molar refractivity (Wildman–Crippen MR) is 71.6 cm³/mol. The summed E-state index contributed by atoms with van der Waals surface area (Å²) in [5.74, 6) is 6.51. The van der Waals surface area contributed by atoms with Crippen molar-refractivity contribution in [2.24, 2.45) is 17.7 Å². The quantitative estimate of drug-likeness (QED) is 0.561. The summed E-state index contributed by atoms with van der Waals surface area (Å²) in [6.07, 6.45) is 5.92. The van der Waals surface area contributed by atoms with Crippen molar-refractivity contribution in [3.05, 3.63) is 18.3 Å². The van der Waals surface area contributed by atoms with Crippen LogP contribution in [0.25, 0.3) is 0 Å². The number of nitrogen functional groups attached to an aromatic ring is 1. The van der Waals surface area contributed by atoms with Gasteiger partial charge in [-0.05, 0) is 43.2 Å². The smallest absolute Gasteiger partial charge is 0.260 e. The minimum Gasteiger partial charge on any atom is -0.321 e. The largest absolute Gasteiger partial charge is 0.321 e. The van der Waals surface area contributed by atoms with Crippen LogP contribution in [0.5, 0.6) is 0 Å². The lowest BCUT2D eigenvalue weighted by Gasteiger charge is -2.22. The summed E-state index contributed by atoms with van der Waals surface area (Å²) in [5, 5.41) is -0.0275. The lowest BCUT2D eigenvalue weighted by Crippen LogP contribution is -2.39. The summed E-state index contributed by atoms with van der Waals surface area (Å²) in [5.41, 5.74) is 2.70. The van der Waals surface area contributed by atoms with Crippen molar-refractivity contribution in [1.82, 2.24) is 9.71 Å². The predicted octanol–water partition coefficient (Wildman–Crippen LogP) is 0.834. The van der Waals surface area contributed by atoms with E-state index in [4.69, 9.17) is 5.84 Å². The first kappa shape index (κ1) is 12.8. The molecule has 0 radical (unpaired) electrons. The van der Waals surface area contributed by atoms with E-state index in [0.29, 0.717) is 17.5 Å². The zero-order valence-electron chi connectivity index (χ0n) is 10.5. The fourth-order valence-corrected chi connectivity index (χ4v) is 4.77. The summed E-state index contributed by atoms with van der Waals surface area (Å²) >= 11 is 0. The molecule has 3 rings (SSSR count). The molecule has 4 N–H and O–H groups in total. The van der Waals surface area contributed by atoms with E-state index in [-0.39, 0.29) is 11.1 Å². The van der Waals surface area contributed by atoms with E-state index in [1.165, 1.54) is 12.6 Å². The highest BCUT2D eigenvalue weighted by Gasteiger charge is 2.41. The number of rotatable bonds is 4. The number of fused-ring (bicyclic) bond motifs is 2. The molecule has 2 aliphatic rings. The van der Waals surface area contributed by atoms with Gasteiger partial charge in [0.15, 0.2) is 5.03 Å². The zero-order valence-corrected chi connectivity index (χ0v) is 11.4. The molecule has 0 saturated heterocycles. The minimum absolute atomic E-state index is 0.0275. The van der Waals surface area contributed by atoms with E-state index in [9.17, 15) is 8.42 Å². The molecule has 2 saturated carbocycles. The Bertz CT molecular complexity index is 575. The normalized spacial score (nSPS) is 29.6. The molecule has 6 nitrogen and oxygen atoms in total. The fourth-order valence-electron chi connectivity index (χ4n) is 3.36. The molecule has 0 amide bonds. The molecule has 2 aliphatic carbocycles.